The van der Waals surface area contributed by atoms with Crippen molar-refractivity contribution in [1.29, 1.82) is 0 Å². The van der Waals surface area contributed by atoms with Crippen molar-refractivity contribution < 1.29 is 4.74 Å². The molecule has 0 aromatic rings. The van der Waals surface area contributed by atoms with Crippen molar-refractivity contribution in [2.75, 3.05) is 27.2 Å². The summed E-state index contributed by atoms with van der Waals surface area (Å²) < 4.78 is 5.69. The Balaban J connectivity index is 2.15. The van der Waals surface area contributed by atoms with Gasteiger partial charge in [-0.25, -0.2) is 0 Å². The molecule has 13 heavy (non-hydrogen) atoms. The second kappa shape index (κ2) is 6.03. The van der Waals surface area contributed by atoms with Crippen LogP contribution in [0.2, 0.25) is 0 Å². The molecular weight excluding hydrogens is 162 g/mol. The van der Waals surface area contributed by atoms with Gasteiger partial charge in [0.1, 0.15) is 6.61 Å². The summed E-state index contributed by atoms with van der Waals surface area (Å²) in [7, 11) is 4.15. The fourth-order valence-electron chi connectivity index (χ4n) is 1.48. The van der Waals surface area contributed by atoms with Crippen LogP contribution < -0.4 is 0 Å². The number of likely N-dealkylation sites (N-methyl/N-ethyl adjacent to an activating group) is 1. The number of hydrogen-bond donors (Lipinski definition) is 0. The van der Waals surface area contributed by atoms with Crippen LogP contribution in [0.3, 0.4) is 0 Å². The summed E-state index contributed by atoms with van der Waals surface area (Å²) in [6.45, 7) is 1.84. The van der Waals surface area contributed by atoms with E-state index >= 15 is 0 Å². The molecule has 0 radical (unpaired) electrons. The van der Waals surface area contributed by atoms with Gasteiger partial charge in [-0.05, 0) is 39.4 Å². The summed E-state index contributed by atoms with van der Waals surface area (Å²) in [4.78, 5) is 2.15. The summed E-state index contributed by atoms with van der Waals surface area (Å²) in [5.41, 5.74) is 0. The third kappa shape index (κ3) is 4.94. The molecule has 0 aromatic carbocycles. The SMILES string of the molecule is CN(C)CCOC1=CCCCCC1. The number of nitrogens with zero attached hydrogens (tertiary/aromatic N) is 1. The largest absolute Gasteiger partial charge is 0.497 e. The lowest BCUT2D eigenvalue weighted by Gasteiger charge is -2.12. The van der Waals surface area contributed by atoms with Crippen LogP contribution >= 0.6 is 0 Å². The summed E-state index contributed by atoms with van der Waals surface area (Å²) in [5.74, 6) is 1.22. The van der Waals surface area contributed by atoms with Crippen LogP contribution in [0.25, 0.3) is 0 Å². The quantitative estimate of drug-likeness (QED) is 0.663. The first-order valence-corrected chi connectivity index (χ1v) is 5.25. The highest BCUT2D eigenvalue weighted by atomic mass is 16.5. The molecule has 0 fully saturated rings. The molecule has 0 aliphatic heterocycles. The van der Waals surface area contributed by atoms with Crippen LogP contribution in [-0.2, 0) is 4.74 Å². The first-order valence-electron chi connectivity index (χ1n) is 5.25. The Morgan fingerprint density at radius 2 is 2.15 bits per heavy atom. The summed E-state index contributed by atoms with van der Waals surface area (Å²) in [6, 6.07) is 0. The molecule has 0 amide bonds. The highest BCUT2D eigenvalue weighted by Crippen LogP contribution is 2.17. The van der Waals surface area contributed by atoms with E-state index in [1.165, 1.54) is 31.4 Å². The average molecular weight is 183 g/mol. The molecule has 0 N–H and O–H groups in total. The maximum Gasteiger partial charge on any atom is 0.100 e. The minimum atomic E-state index is 0.832. The second-order valence-electron chi connectivity index (χ2n) is 3.92. The smallest absolute Gasteiger partial charge is 0.100 e. The lowest BCUT2D eigenvalue weighted by Crippen LogP contribution is -2.17. The fourth-order valence-corrected chi connectivity index (χ4v) is 1.48. The van der Waals surface area contributed by atoms with Gasteiger partial charge in [-0.2, -0.15) is 0 Å². The van der Waals surface area contributed by atoms with Gasteiger partial charge in [-0.15, -0.1) is 0 Å². The molecule has 1 aliphatic rings. The Kier molecular flexibility index (Phi) is 4.91. The van der Waals surface area contributed by atoms with Crippen LogP contribution in [0.5, 0.6) is 0 Å². The third-order valence-corrected chi connectivity index (χ3v) is 2.33. The Bertz CT molecular complexity index is 163. The van der Waals surface area contributed by atoms with E-state index in [1.54, 1.807) is 0 Å². The summed E-state index contributed by atoms with van der Waals surface area (Å²) >= 11 is 0. The van der Waals surface area contributed by atoms with Crippen molar-refractivity contribution in [2.24, 2.45) is 0 Å². The number of rotatable bonds is 4. The van der Waals surface area contributed by atoms with Gasteiger partial charge in [-0.3, -0.25) is 0 Å². The number of hydrogen-bond acceptors (Lipinski definition) is 2. The third-order valence-electron chi connectivity index (χ3n) is 2.33. The van der Waals surface area contributed by atoms with E-state index in [0.717, 1.165) is 19.6 Å². The zero-order valence-corrected chi connectivity index (χ0v) is 8.88. The van der Waals surface area contributed by atoms with Crippen LogP contribution in [-0.4, -0.2) is 32.1 Å². The molecular formula is C11H21NO. The molecule has 1 aliphatic carbocycles. The van der Waals surface area contributed by atoms with Crippen molar-refractivity contribution in [3.05, 3.63) is 11.8 Å². The van der Waals surface area contributed by atoms with Crippen molar-refractivity contribution in [2.45, 2.75) is 32.1 Å². The predicted molar refractivity (Wildman–Crippen MR) is 55.7 cm³/mol. The van der Waals surface area contributed by atoms with Crippen LogP contribution in [0.4, 0.5) is 0 Å². The van der Waals surface area contributed by atoms with Gasteiger partial charge in [0.05, 0.1) is 5.76 Å². The van der Waals surface area contributed by atoms with Gasteiger partial charge < -0.3 is 9.64 Å². The van der Waals surface area contributed by atoms with Crippen molar-refractivity contribution in [1.82, 2.24) is 4.90 Å². The second-order valence-corrected chi connectivity index (χ2v) is 3.92. The molecule has 0 bridgehead atoms. The van der Waals surface area contributed by atoms with E-state index < -0.39 is 0 Å². The fraction of sp³-hybridized carbons (Fsp3) is 0.818. The van der Waals surface area contributed by atoms with Crippen molar-refractivity contribution in [3.8, 4) is 0 Å². The molecule has 0 saturated heterocycles. The van der Waals surface area contributed by atoms with Gasteiger partial charge in [0.2, 0.25) is 0 Å². The molecule has 0 spiro atoms. The molecule has 0 heterocycles. The lowest BCUT2D eigenvalue weighted by atomic mass is 10.2. The number of allylic oxidation sites excluding steroid dienone is 2. The molecule has 76 valence electrons. The van der Waals surface area contributed by atoms with Crippen molar-refractivity contribution in [3.63, 3.8) is 0 Å². The Morgan fingerprint density at radius 3 is 2.92 bits per heavy atom. The zero-order valence-electron chi connectivity index (χ0n) is 8.88. The van der Waals surface area contributed by atoms with Gasteiger partial charge in [-0.1, -0.05) is 6.42 Å². The highest BCUT2D eigenvalue weighted by molar-refractivity contribution is 4.95. The molecule has 0 saturated carbocycles. The van der Waals surface area contributed by atoms with E-state index in [0.29, 0.717) is 0 Å². The average Bonchev–Trinajstić information content (AvgIpc) is 2.32. The number of ether oxygens (including phenoxy) is 1. The first kappa shape index (κ1) is 10.6. The summed E-state index contributed by atoms with van der Waals surface area (Å²) in [6.07, 6.45) is 8.61. The Labute approximate surface area is 81.6 Å². The Morgan fingerprint density at radius 1 is 1.31 bits per heavy atom. The van der Waals surface area contributed by atoms with Crippen LogP contribution in [0.1, 0.15) is 32.1 Å². The van der Waals surface area contributed by atoms with Crippen LogP contribution in [0.15, 0.2) is 11.8 Å². The maximum absolute atomic E-state index is 5.69. The van der Waals surface area contributed by atoms with Crippen molar-refractivity contribution >= 4 is 0 Å². The normalized spacial score (nSPS) is 18.2. The minimum absolute atomic E-state index is 0.832. The first-order chi connectivity index (χ1) is 6.29. The van der Waals surface area contributed by atoms with Gasteiger partial charge in [0.25, 0.3) is 0 Å². The molecule has 0 unspecified atom stereocenters. The van der Waals surface area contributed by atoms with E-state index in [9.17, 15) is 0 Å². The molecule has 2 heteroatoms. The monoisotopic (exact) mass is 183 g/mol. The predicted octanol–water partition coefficient (Wildman–Crippen LogP) is 2.41. The van der Waals surface area contributed by atoms with Crippen LogP contribution in [0, 0.1) is 0 Å². The molecule has 0 aromatic heterocycles. The standard InChI is InChI=1S/C11H21NO/c1-12(2)9-10-13-11-7-5-3-4-6-8-11/h7H,3-6,8-10H2,1-2H3. The Hall–Kier alpha value is -0.500. The maximum atomic E-state index is 5.69. The van der Waals surface area contributed by atoms with Gasteiger partial charge >= 0.3 is 0 Å². The zero-order chi connectivity index (χ0) is 9.52. The van der Waals surface area contributed by atoms with Gasteiger partial charge in [0, 0.05) is 13.0 Å². The van der Waals surface area contributed by atoms with E-state index in [4.69, 9.17) is 4.74 Å². The van der Waals surface area contributed by atoms with E-state index in [1.807, 2.05) is 0 Å². The van der Waals surface area contributed by atoms with E-state index in [2.05, 4.69) is 25.1 Å². The molecule has 2 nitrogen and oxygen atoms in total. The minimum Gasteiger partial charge on any atom is -0.497 e. The van der Waals surface area contributed by atoms with E-state index in [-0.39, 0.29) is 0 Å². The topological polar surface area (TPSA) is 12.5 Å². The summed E-state index contributed by atoms with van der Waals surface area (Å²) in [5, 5.41) is 0. The van der Waals surface area contributed by atoms with Gasteiger partial charge in [0.15, 0.2) is 0 Å². The lowest BCUT2D eigenvalue weighted by molar-refractivity contribution is 0.175. The molecule has 1 rings (SSSR count). The highest BCUT2D eigenvalue weighted by Gasteiger charge is 2.03. The molecule has 0 atom stereocenters.